The highest BCUT2D eigenvalue weighted by molar-refractivity contribution is 5.94. The van der Waals surface area contributed by atoms with Gasteiger partial charge in [0, 0.05) is 46.1 Å². The topological polar surface area (TPSA) is 89.6 Å². The number of rotatable bonds is 4. The molecule has 7 nitrogen and oxygen atoms in total. The molecule has 0 saturated heterocycles. The van der Waals surface area contributed by atoms with Gasteiger partial charge in [0.2, 0.25) is 0 Å². The van der Waals surface area contributed by atoms with Crippen molar-refractivity contribution in [1.29, 1.82) is 0 Å². The van der Waals surface area contributed by atoms with Crippen molar-refractivity contribution in [2.75, 3.05) is 0 Å². The number of hydrogen-bond donors (Lipinski definition) is 1. The minimum atomic E-state index is -0.402. The zero-order chi connectivity index (χ0) is 24.1. The molecule has 0 atom stereocenters. The number of fused-ring (bicyclic) bond motifs is 3. The van der Waals surface area contributed by atoms with Gasteiger partial charge in [-0.25, -0.2) is 9.48 Å². The first-order valence-electron chi connectivity index (χ1n) is 11.6. The smallest absolute Gasteiger partial charge is 0.336 e. The van der Waals surface area contributed by atoms with E-state index in [0.717, 1.165) is 50.6 Å². The molecule has 4 heterocycles. The van der Waals surface area contributed by atoms with E-state index in [2.05, 4.69) is 44.5 Å². The normalized spacial score (nSPS) is 11.6. The van der Waals surface area contributed by atoms with Crippen molar-refractivity contribution in [3.05, 3.63) is 119 Å². The van der Waals surface area contributed by atoms with E-state index < -0.39 is 5.63 Å². The molecule has 7 heteroatoms. The molecular weight excluding hydrogens is 450 g/mol. The number of nitrogens with zero attached hydrogens (tertiary/aromatic N) is 4. The van der Waals surface area contributed by atoms with Crippen LogP contribution in [0, 0.1) is 0 Å². The van der Waals surface area contributed by atoms with E-state index in [-0.39, 0.29) is 0 Å². The summed E-state index contributed by atoms with van der Waals surface area (Å²) in [5.41, 5.74) is 6.73. The zero-order valence-electron chi connectivity index (χ0n) is 19.1. The summed E-state index contributed by atoms with van der Waals surface area (Å²) in [6.07, 6.45) is 4.44. The molecule has 4 aromatic heterocycles. The predicted octanol–water partition coefficient (Wildman–Crippen LogP) is 5.66. The summed E-state index contributed by atoms with van der Waals surface area (Å²) < 4.78 is 7.11. The highest BCUT2D eigenvalue weighted by Gasteiger charge is 2.14. The number of H-pyrrole nitrogens is 1. The second-order valence-electron chi connectivity index (χ2n) is 8.73. The largest absolute Gasteiger partial charge is 0.420 e. The minimum Gasteiger partial charge on any atom is -0.420 e. The van der Waals surface area contributed by atoms with E-state index in [1.54, 1.807) is 10.7 Å². The predicted molar refractivity (Wildman–Crippen MR) is 139 cm³/mol. The average molecular weight is 470 g/mol. The molecule has 0 aliphatic carbocycles. The van der Waals surface area contributed by atoms with Gasteiger partial charge in [0.15, 0.2) is 5.58 Å². The maximum atomic E-state index is 11.8. The van der Waals surface area contributed by atoms with Crippen LogP contribution in [0.15, 0.2) is 107 Å². The van der Waals surface area contributed by atoms with Crippen molar-refractivity contribution in [2.24, 2.45) is 0 Å². The molecule has 0 radical (unpaired) electrons. The van der Waals surface area contributed by atoms with Gasteiger partial charge in [0.05, 0.1) is 17.2 Å². The average Bonchev–Trinajstić information content (AvgIpc) is 3.55. The third kappa shape index (κ3) is 3.37. The Labute approximate surface area is 204 Å². The first-order valence-corrected chi connectivity index (χ1v) is 11.6. The lowest BCUT2D eigenvalue weighted by atomic mass is 10.0. The van der Waals surface area contributed by atoms with Crippen molar-refractivity contribution in [1.82, 2.24) is 25.0 Å². The molecule has 0 aliphatic rings. The van der Waals surface area contributed by atoms with Crippen LogP contribution < -0.4 is 5.63 Å². The van der Waals surface area contributed by atoms with Crippen molar-refractivity contribution < 1.29 is 4.42 Å². The van der Waals surface area contributed by atoms with Gasteiger partial charge in [0.25, 0.3) is 0 Å². The van der Waals surface area contributed by atoms with Crippen molar-refractivity contribution in [3.63, 3.8) is 0 Å². The molecule has 0 aliphatic heterocycles. The van der Waals surface area contributed by atoms with Gasteiger partial charge in [-0.3, -0.25) is 4.98 Å². The lowest BCUT2D eigenvalue weighted by Gasteiger charge is -2.04. The molecule has 0 saturated carbocycles. The maximum absolute atomic E-state index is 11.8. The number of nitrogens with one attached hydrogen (secondary N) is 1. The fourth-order valence-electron chi connectivity index (χ4n) is 4.81. The molecule has 7 aromatic rings. The van der Waals surface area contributed by atoms with Gasteiger partial charge in [-0.2, -0.15) is 0 Å². The summed E-state index contributed by atoms with van der Waals surface area (Å²) in [4.78, 5) is 19.9. The standard InChI is InChI=1S/C29H19N5O2/c35-27-13-12-18-5-3-11-26(29(18)36-27)34-17-25(32-33-34)23-8-1-7-20-16-21(31-28(20)23)15-19-6-2-10-24-22(19)9-4-14-30-24/h1-14,16-17,31H,15H2. The first-order chi connectivity index (χ1) is 17.7. The lowest BCUT2D eigenvalue weighted by Crippen LogP contribution is -2.00. The van der Waals surface area contributed by atoms with Gasteiger partial charge < -0.3 is 9.40 Å². The van der Waals surface area contributed by atoms with Gasteiger partial charge in [-0.1, -0.05) is 53.7 Å². The van der Waals surface area contributed by atoms with Crippen LogP contribution in [-0.4, -0.2) is 25.0 Å². The second kappa shape index (κ2) is 8.02. The molecule has 0 spiro atoms. The van der Waals surface area contributed by atoms with Crippen LogP contribution in [-0.2, 0) is 6.42 Å². The summed E-state index contributed by atoms with van der Waals surface area (Å²) in [6, 6.07) is 27.4. The van der Waals surface area contributed by atoms with Crippen LogP contribution in [0.5, 0.6) is 0 Å². The monoisotopic (exact) mass is 469 g/mol. The van der Waals surface area contributed by atoms with E-state index in [1.165, 1.54) is 11.6 Å². The minimum absolute atomic E-state index is 0.402. The third-order valence-electron chi connectivity index (χ3n) is 6.47. The van der Waals surface area contributed by atoms with Crippen LogP contribution in [0.2, 0.25) is 0 Å². The highest BCUT2D eigenvalue weighted by atomic mass is 16.4. The summed E-state index contributed by atoms with van der Waals surface area (Å²) >= 11 is 0. The number of aromatic amines is 1. The SMILES string of the molecule is O=c1ccc2cccc(-n3cc(-c4cccc5cc(Cc6cccc7ncccc67)[nH]c45)nn3)c2o1. The van der Waals surface area contributed by atoms with E-state index in [4.69, 9.17) is 4.42 Å². The van der Waals surface area contributed by atoms with Gasteiger partial charge in [-0.15, -0.1) is 5.10 Å². The number of hydrogen-bond acceptors (Lipinski definition) is 5. The Morgan fingerprint density at radius 1 is 0.889 bits per heavy atom. The Kier molecular flexibility index (Phi) is 4.53. The molecule has 0 unspecified atom stereocenters. The van der Waals surface area contributed by atoms with Gasteiger partial charge in [-0.05, 0) is 35.9 Å². The van der Waals surface area contributed by atoms with E-state index in [9.17, 15) is 4.79 Å². The molecule has 7 rings (SSSR count). The second-order valence-corrected chi connectivity index (χ2v) is 8.73. The lowest BCUT2D eigenvalue weighted by molar-refractivity contribution is 0.557. The molecule has 3 aromatic carbocycles. The van der Waals surface area contributed by atoms with Crippen LogP contribution in [0.3, 0.4) is 0 Å². The Morgan fingerprint density at radius 2 is 1.78 bits per heavy atom. The molecule has 1 N–H and O–H groups in total. The Morgan fingerprint density at radius 3 is 2.75 bits per heavy atom. The van der Waals surface area contributed by atoms with Crippen molar-refractivity contribution >= 4 is 32.8 Å². The number of pyridine rings is 1. The van der Waals surface area contributed by atoms with Crippen molar-refractivity contribution in [3.8, 4) is 16.9 Å². The zero-order valence-corrected chi connectivity index (χ0v) is 19.1. The maximum Gasteiger partial charge on any atom is 0.336 e. The quantitative estimate of drug-likeness (QED) is 0.336. The van der Waals surface area contributed by atoms with Crippen LogP contribution in [0.4, 0.5) is 0 Å². The summed E-state index contributed by atoms with van der Waals surface area (Å²) in [5.74, 6) is 0. The van der Waals surface area contributed by atoms with E-state index >= 15 is 0 Å². The third-order valence-corrected chi connectivity index (χ3v) is 6.47. The Bertz CT molecular complexity index is 1960. The Balaban J connectivity index is 1.29. The van der Waals surface area contributed by atoms with Crippen LogP contribution >= 0.6 is 0 Å². The summed E-state index contributed by atoms with van der Waals surface area (Å²) in [6.45, 7) is 0. The summed E-state index contributed by atoms with van der Waals surface area (Å²) in [5, 5.41) is 11.9. The highest BCUT2D eigenvalue weighted by Crippen LogP contribution is 2.30. The summed E-state index contributed by atoms with van der Waals surface area (Å²) in [7, 11) is 0. The fraction of sp³-hybridized carbons (Fsp3) is 0.0345. The van der Waals surface area contributed by atoms with Gasteiger partial charge >= 0.3 is 5.63 Å². The van der Waals surface area contributed by atoms with Crippen LogP contribution in [0.1, 0.15) is 11.3 Å². The van der Waals surface area contributed by atoms with Crippen molar-refractivity contribution in [2.45, 2.75) is 6.42 Å². The van der Waals surface area contributed by atoms with Gasteiger partial charge in [0.1, 0.15) is 11.4 Å². The molecule has 0 bridgehead atoms. The first kappa shape index (κ1) is 20.3. The molecule has 0 fully saturated rings. The number of para-hydroxylation sites is 2. The Hall–Kier alpha value is -5.04. The molecule has 0 amide bonds. The molecular formula is C29H19N5O2. The number of aromatic nitrogens is 5. The molecule has 172 valence electrons. The van der Waals surface area contributed by atoms with E-state index in [0.29, 0.717) is 11.3 Å². The fourth-order valence-corrected chi connectivity index (χ4v) is 4.81. The van der Waals surface area contributed by atoms with Crippen LogP contribution in [0.25, 0.3) is 49.7 Å². The molecule has 36 heavy (non-hydrogen) atoms. The number of benzene rings is 3. The van der Waals surface area contributed by atoms with E-state index in [1.807, 2.05) is 60.9 Å².